The molecule has 1 aromatic heterocycles. The molecule has 0 bridgehead atoms. The molecule has 1 heterocycles. The SMILES string of the molecule is CCCCNc1c[nH]c2ccccc12. The van der Waals surface area contributed by atoms with Crippen LogP contribution in [-0.2, 0) is 0 Å². The Morgan fingerprint density at radius 2 is 2.14 bits per heavy atom. The number of nitrogens with one attached hydrogen (secondary N) is 2. The van der Waals surface area contributed by atoms with Crippen LogP contribution in [0.1, 0.15) is 19.8 Å². The normalized spacial score (nSPS) is 10.6. The van der Waals surface area contributed by atoms with Crippen LogP contribution in [0.5, 0.6) is 0 Å². The molecule has 2 N–H and O–H groups in total. The average Bonchev–Trinajstić information content (AvgIpc) is 2.63. The van der Waals surface area contributed by atoms with Gasteiger partial charge in [-0.3, -0.25) is 0 Å². The van der Waals surface area contributed by atoms with Crippen LogP contribution < -0.4 is 5.32 Å². The molecule has 0 aliphatic rings. The quantitative estimate of drug-likeness (QED) is 0.707. The highest BCUT2D eigenvalue weighted by Gasteiger charge is 2.00. The molecule has 2 rings (SSSR count). The Bertz CT molecular complexity index is 403. The van der Waals surface area contributed by atoms with Crippen molar-refractivity contribution in [3.05, 3.63) is 30.5 Å². The third-order valence-corrected chi connectivity index (χ3v) is 2.44. The van der Waals surface area contributed by atoms with Crippen LogP contribution in [0.2, 0.25) is 0 Å². The number of aromatic amines is 1. The highest BCUT2D eigenvalue weighted by Crippen LogP contribution is 2.22. The fourth-order valence-electron chi connectivity index (χ4n) is 1.62. The lowest BCUT2D eigenvalue weighted by molar-refractivity contribution is 0.835. The van der Waals surface area contributed by atoms with Gasteiger partial charge in [0.15, 0.2) is 0 Å². The highest BCUT2D eigenvalue weighted by atomic mass is 14.9. The third kappa shape index (κ3) is 1.74. The van der Waals surface area contributed by atoms with Gasteiger partial charge in [0.05, 0.1) is 5.69 Å². The fourth-order valence-corrected chi connectivity index (χ4v) is 1.62. The van der Waals surface area contributed by atoms with Gasteiger partial charge in [0.25, 0.3) is 0 Å². The molecule has 0 radical (unpaired) electrons. The number of unbranched alkanes of at least 4 members (excludes halogenated alkanes) is 1. The second-order valence-electron chi connectivity index (χ2n) is 3.53. The van der Waals surface area contributed by atoms with E-state index in [9.17, 15) is 0 Å². The summed E-state index contributed by atoms with van der Waals surface area (Å²) in [7, 11) is 0. The van der Waals surface area contributed by atoms with Gasteiger partial charge in [-0.25, -0.2) is 0 Å². The topological polar surface area (TPSA) is 27.8 Å². The molecule has 0 fully saturated rings. The summed E-state index contributed by atoms with van der Waals surface area (Å²) >= 11 is 0. The molecular weight excluding hydrogens is 172 g/mol. The summed E-state index contributed by atoms with van der Waals surface area (Å²) in [6.07, 6.45) is 4.50. The lowest BCUT2D eigenvalue weighted by Gasteiger charge is -2.02. The first-order valence-corrected chi connectivity index (χ1v) is 5.22. The van der Waals surface area contributed by atoms with E-state index in [4.69, 9.17) is 0 Å². The molecule has 2 aromatic rings. The number of para-hydroxylation sites is 1. The van der Waals surface area contributed by atoms with Gasteiger partial charge in [-0.1, -0.05) is 31.5 Å². The monoisotopic (exact) mass is 188 g/mol. The van der Waals surface area contributed by atoms with Crippen molar-refractivity contribution in [3.63, 3.8) is 0 Å². The van der Waals surface area contributed by atoms with E-state index in [1.807, 2.05) is 6.20 Å². The Balaban J connectivity index is 2.17. The van der Waals surface area contributed by atoms with Crippen molar-refractivity contribution in [1.82, 2.24) is 4.98 Å². The smallest absolute Gasteiger partial charge is 0.0597 e. The number of aromatic nitrogens is 1. The lowest BCUT2D eigenvalue weighted by Crippen LogP contribution is -1.99. The molecule has 0 spiro atoms. The highest BCUT2D eigenvalue weighted by molar-refractivity contribution is 5.92. The lowest BCUT2D eigenvalue weighted by atomic mass is 10.2. The maximum atomic E-state index is 3.44. The van der Waals surface area contributed by atoms with E-state index < -0.39 is 0 Å². The van der Waals surface area contributed by atoms with Crippen molar-refractivity contribution < 1.29 is 0 Å². The van der Waals surface area contributed by atoms with Crippen LogP contribution in [0.3, 0.4) is 0 Å². The zero-order valence-corrected chi connectivity index (χ0v) is 8.51. The van der Waals surface area contributed by atoms with Crippen LogP contribution in [0, 0.1) is 0 Å². The van der Waals surface area contributed by atoms with Crippen LogP contribution in [0.4, 0.5) is 5.69 Å². The van der Waals surface area contributed by atoms with E-state index in [1.165, 1.54) is 29.4 Å². The van der Waals surface area contributed by atoms with Gasteiger partial charge in [0.1, 0.15) is 0 Å². The molecule has 0 aliphatic carbocycles. The van der Waals surface area contributed by atoms with Gasteiger partial charge in [0, 0.05) is 23.6 Å². The Morgan fingerprint density at radius 3 is 3.00 bits per heavy atom. The number of rotatable bonds is 4. The van der Waals surface area contributed by atoms with Crippen LogP contribution in [0.25, 0.3) is 10.9 Å². The van der Waals surface area contributed by atoms with Crippen molar-refractivity contribution in [3.8, 4) is 0 Å². The fraction of sp³-hybridized carbons (Fsp3) is 0.333. The van der Waals surface area contributed by atoms with Crippen molar-refractivity contribution >= 4 is 16.6 Å². The van der Waals surface area contributed by atoms with Gasteiger partial charge >= 0.3 is 0 Å². The standard InChI is InChI=1S/C12H16N2/c1-2-3-8-13-12-9-14-11-7-5-4-6-10(11)12/h4-7,9,13-14H,2-3,8H2,1H3. The van der Waals surface area contributed by atoms with E-state index in [0.717, 1.165) is 6.54 Å². The molecule has 0 unspecified atom stereocenters. The molecule has 1 aromatic carbocycles. The van der Waals surface area contributed by atoms with E-state index >= 15 is 0 Å². The molecule has 2 nitrogen and oxygen atoms in total. The average molecular weight is 188 g/mol. The molecule has 74 valence electrons. The minimum absolute atomic E-state index is 1.05. The predicted octanol–water partition coefficient (Wildman–Crippen LogP) is 3.38. The van der Waals surface area contributed by atoms with Gasteiger partial charge in [-0.05, 0) is 12.5 Å². The number of H-pyrrole nitrogens is 1. The number of benzene rings is 1. The van der Waals surface area contributed by atoms with E-state index in [2.05, 4.69) is 41.5 Å². The van der Waals surface area contributed by atoms with Crippen molar-refractivity contribution in [1.29, 1.82) is 0 Å². The van der Waals surface area contributed by atoms with E-state index in [-0.39, 0.29) is 0 Å². The van der Waals surface area contributed by atoms with Gasteiger partial charge in [0.2, 0.25) is 0 Å². The summed E-state index contributed by atoms with van der Waals surface area (Å²) in [6.45, 7) is 3.26. The molecule has 0 aliphatic heterocycles. The molecule has 14 heavy (non-hydrogen) atoms. The van der Waals surface area contributed by atoms with Crippen molar-refractivity contribution in [2.45, 2.75) is 19.8 Å². The first-order chi connectivity index (χ1) is 6.92. The van der Waals surface area contributed by atoms with Crippen LogP contribution in [-0.4, -0.2) is 11.5 Å². The summed E-state index contributed by atoms with van der Waals surface area (Å²) in [5.74, 6) is 0. The molecular formula is C12H16N2. The first kappa shape index (κ1) is 9.13. The van der Waals surface area contributed by atoms with Crippen LogP contribution >= 0.6 is 0 Å². The number of anilines is 1. The minimum Gasteiger partial charge on any atom is -0.383 e. The first-order valence-electron chi connectivity index (χ1n) is 5.22. The molecule has 0 saturated carbocycles. The summed E-state index contributed by atoms with van der Waals surface area (Å²) in [6, 6.07) is 8.36. The Morgan fingerprint density at radius 1 is 1.29 bits per heavy atom. The Labute approximate surface area is 84.3 Å². The molecule has 2 heteroatoms. The number of hydrogen-bond donors (Lipinski definition) is 2. The van der Waals surface area contributed by atoms with Gasteiger partial charge < -0.3 is 10.3 Å². The molecule has 0 atom stereocenters. The summed E-state index contributed by atoms with van der Waals surface area (Å²) < 4.78 is 0. The minimum atomic E-state index is 1.05. The zero-order chi connectivity index (χ0) is 9.80. The second-order valence-corrected chi connectivity index (χ2v) is 3.53. The largest absolute Gasteiger partial charge is 0.383 e. The van der Waals surface area contributed by atoms with Crippen LogP contribution in [0.15, 0.2) is 30.5 Å². The summed E-state index contributed by atoms with van der Waals surface area (Å²) in [4.78, 5) is 3.25. The zero-order valence-electron chi connectivity index (χ0n) is 8.51. The summed E-state index contributed by atoms with van der Waals surface area (Å²) in [5, 5.41) is 4.72. The number of hydrogen-bond acceptors (Lipinski definition) is 1. The van der Waals surface area contributed by atoms with Gasteiger partial charge in [-0.15, -0.1) is 0 Å². The Hall–Kier alpha value is -1.44. The third-order valence-electron chi connectivity index (χ3n) is 2.44. The van der Waals surface area contributed by atoms with Crippen molar-refractivity contribution in [2.24, 2.45) is 0 Å². The van der Waals surface area contributed by atoms with E-state index in [1.54, 1.807) is 0 Å². The maximum absolute atomic E-state index is 3.44. The second kappa shape index (κ2) is 4.18. The maximum Gasteiger partial charge on any atom is 0.0597 e. The van der Waals surface area contributed by atoms with E-state index in [0.29, 0.717) is 0 Å². The number of fused-ring (bicyclic) bond motifs is 1. The molecule has 0 amide bonds. The summed E-state index contributed by atoms with van der Waals surface area (Å²) in [5.41, 5.74) is 2.42. The molecule has 0 saturated heterocycles. The predicted molar refractivity (Wildman–Crippen MR) is 61.7 cm³/mol. The Kier molecular flexibility index (Phi) is 2.73. The van der Waals surface area contributed by atoms with Crippen molar-refractivity contribution in [2.75, 3.05) is 11.9 Å². The van der Waals surface area contributed by atoms with Gasteiger partial charge in [-0.2, -0.15) is 0 Å².